The van der Waals surface area contributed by atoms with Gasteiger partial charge in [-0.2, -0.15) is 0 Å². The van der Waals surface area contributed by atoms with Crippen LogP contribution in [-0.4, -0.2) is 61.3 Å². The molecule has 0 saturated carbocycles. The number of hydrogen-bond donors (Lipinski definition) is 1. The maximum atomic E-state index is 13.2. The molecule has 0 amide bonds. The molecule has 0 radical (unpaired) electrons. The zero-order valence-corrected chi connectivity index (χ0v) is 21.2. The van der Waals surface area contributed by atoms with Crippen molar-refractivity contribution in [2.24, 2.45) is 0 Å². The Kier molecular flexibility index (Phi) is 7.78. The molecule has 36 heavy (non-hydrogen) atoms. The van der Waals surface area contributed by atoms with Gasteiger partial charge < -0.3 is 14.2 Å². The van der Waals surface area contributed by atoms with Crippen LogP contribution in [0.15, 0.2) is 42.9 Å². The standard InChI is InChI=1S/C23H25FN8O3S/c1-13(20-26-11-15(24)12-27-20)14(2)36-31-23-30-29-21(16-7-6-8-18(28-16)34-4)32(23)19-17(33-3)9-10-25-22(19)35-5/h6-14H,1-5H3,(H,30,31). The lowest BCUT2D eigenvalue weighted by atomic mass is 10.1. The summed E-state index contributed by atoms with van der Waals surface area (Å²) >= 11 is 1.39. The Bertz CT molecular complexity index is 1300. The Morgan fingerprint density at radius 1 is 0.972 bits per heavy atom. The summed E-state index contributed by atoms with van der Waals surface area (Å²) in [5, 5.41) is 8.75. The highest BCUT2D eigenvalue weighted by atomic mass is 32.2. The van der Waals surface area contributed by atoms with Crippen molar-refractivity contribution >= 4 is 17.9 Å². The van der Waals surface area contributed by atoms with E-state index in [4.69, 9.17) is 14.2 Å². The van der Waals surface area contributed by atoms with Gasteiger partial charge in [-0.25, -0.2) is 24.3 Å². The van der Waals surface area contributed by atoms with Gasteiger partial charge in [-0.15, -0.1) is 10.2 Å². The first-order valence-electron chi connectivity index (χ1n) is 10.9. The summed E-state index contributed by atoms with van der Waals surface area (Å²) in [6.07, 6.45) is 3.91. The maximum absolute atomic E-state index is 13.2. The van der Waals surface area contributed by atoms with E-state index in [1.807, 2.05) is 19.9 Å². The van der Waals surface area contributed by atoms with Crippen molar-refractivity contribution in [3.05, 3.63) is 54.5 Å². The summed E-state index contributed by atoms with van der Waals surface area (Å²) < 4.78 is 34.7. The zero-order valence-electron chi connectivity index (χ0n) is 20.3. The smallest absolute Gasteiger partial charge is 0.242 e. The van der Waals surface area contributed by atoms with Gasteiger partial charge in [0.15, 0.2) is 17.3 Å². The molecule has 4 heterocycles. The number of hydrogen-bond acceptors (Lipinski definition) is 11. The molecule has 4 aromatic heterocycles. The molecule has 4 aromatic rings. The molecule has 0 fully saturated rings. The summed E-state index contributed by atoms with van der Waals surface area (Å²) in [6.45, 7) is 3.97. The molecule has 2 atom stereocenters. The second-order valence-electron chi connectivity index (χ2n) is 7.59. The Hall–Kier alpha value is -4.00. The van der Waals surface area contributed by atoms with Crippen molar-refractivity contribution in [3.8, 4) is 34.7 Å². The van der Waals surface area contributed by atoms with Crippen LogP contribution in [0.3, 0.4) is 0 Å². The number of anilines is 1. The number of methoxy groups -OCH3 is 3. The van der Waals surface area contributed by atoms with Crippen LogP contribution in [0.4, 0.5) is 10.3 Å². The van der Waals surface area contributed by atoms with E-state index in [2.05, 4.69) is 34.9 Å². The van der Waals surface area contributed by atoms with E-state index in [1.165, 1.54) is 19.1 Å². The largest absolute Gasteiger partial charge is 0.494 e. The number of halogens is 1. The molecule has 0 saturated heterocycles. The molecule has 188 valence electrons. The van der Waals surface area contributed by atoms with Crippen LogP contribution in [-0.2, 0) is 0 Å². The molecule has 11 nitrogen and oxygen atoms in total. The van der Waals surface area contributed by atoms with Gasteiger partial charge in [-0.3, -0.25) is 9.29 Å². The molecule has 0 bridgehead atoms. The third-order valence-corrected chi connectivity index (χ3v) is 6.48. The number of aromatic nitrogens is 7. The highest BCUT2D eigenvalue weighted by Gasteiger charge is 2.25. The average molecular weight is 513 g/mol. The average Bonchev–Trinajstić information content (AvgIpc) is 3.34. The third-order valence-electron chi connectivity index (χ3n) is 5.40. The predicted molar refractivity (Wildman–Crippen MR) is 133 cm³/mol. The van der Waals surface area contributed by atoms with E-state index >= 15 is 0 Å². The first-order chi connectivity index (χ1) is 17.5. The van der Waals surface area contributed by atoms with Gasteiger partial charge >= 0.3 is 0 Å². The second kappa shape index (κ2) is 11.2. The zero-order chi connectivity index (χ0) is 25.7. The van der Waals surface area contributed by atoms with E-state index in [0.717, 1.165) is 12.4 Å². The third kappa shape index (κ3) is 5.15. The van der Waals surface area contributed by atoms with Crippen molar-refractivity contribution in [1.29, 1.82) is 0 Å². The van der Waals surface area contributed by atoms with Gasteiger partial charge in [-0.1, -0.05) is 19.9 Å². The van der Waals surface area contributed by atoms with Crippen molar-refractivity contribution in [2.45, 2.75) is 25.0 Å². The van der Waals surface area contributed by atoms with Gasteiger partial charge in [-0.05, 0) is 18.0 Å². The number of pyridine rings is 2. The number of nitrogens with zero attached hydrogens (tertiary/aromatic N) is 7. The molecule has 13 heteroatoms. The van der Waals surface area contributed by atoms with Gasteiger partial charge in [0.05, 0.1) is 33.7 Å². The van der Waals surface area contributed by atoms with Crippen molar-refractivity contribution in [2.75, 3.05) is 26.1 Å². The minimum Gasteiger partial charge on any atom is -0.494 e. The first kappa shape index (κ1) is 25.1. The monoisotopic (exact) mass is 512 g/mol. The topological polar surface area (TPSA) is 122 Å². The van der Waals surface area contributed by atoms with Crippen molar-refractivity contribution < 1.29 is 18.6 Å². The number of nitrogens with one attached hydrogen (secondary N) is 1. The lowest BCUT2D eigenvalue weighted by molar-refractivity contribution is 0.379. The second-order valence-corrected chi connectivity index (χ2v) is 8.78. The van der Waals surface area contributed by atoms with Crippen LogP contribution in [0.5, 0.6) is 17.5 Å². The quantitative estimate of drug-likeness (QED) is 0.311. The SMILES string of the molecule is COc1cccc(-c2nnc(NSC(C)C(C)c3ncc(F)cn3)n2-c2c(OC)ccnc2OC)n1. The summed E-state index contributed by atoms with van der Waals surface area (Å²) in [7, 11) is 4.62. The fourth-order valence-electron chi connectivity index (χ4n) is 3.33. The molecule has 2 unspecified atom stereocenters. The Balaban J connectivity index is 1.73. The van der Waals surface area contributed by atoms with E-state index in [-0.39, 0.29) is 11.2 Å². The molecule has 4 rings (SSSR count). The molecule has 0 aromatic carbocycles. The number of ether oxygens (including phenoxy) is 3. The highest BCUT2D eigenvalue weighted by molar-refractivity contribution is 8.01. The van der Waals surface area contributed by atoms with Gasteiger partial charge in [0.2, 0.25) is 17.7 Å². The van der Waals surface area contributed by atoms with Gasteiger partial charge in [0, 0.05) is 29.5 Å². The van der Waals surface area contributed by atoms with Crippen LogP contribution in [0.25, 0.3) is 17.2 Å². The molecule has 0 aliphatic carbocycles. The minimum absolute atomic E-state index is 0.0169. The van der Waals surface area contributed by atoms with Gasteiger partial charge in [0.1, 0.15) is 17.3 Å². The van der Waals surface area contributed by atoms with E-state index < -0.39 is 5.82 Å². The predicted octanol–water partition coefficient (Wildman–Crippen LogP) is 3.93. The van der Waals surface area contributed by atoms with E-state index in [1.54, 1.807) is 43.2 Å². The Labute approximate surface area is 211 Å². The van der Waals surface area contributed by atoms with Crippen LogP contribution in [0, 0.1) is 5.82 Å². The summed E-state index contributed by atoms with van der Waals surface area (Å²) in [6, 6.07) is 7.07. The fourth-order valence-corrected chi connectivity index (χ4v) is 4.08. The molecular weight excluding hydrogens is 487 g/mol. The lowest BCUT2D eigenvalue weighted by Gasteiger charge is -2.20. The van der Waals surface area contributed by atoms with E-state index in [0.29, 0.717) is 46.5 Å². The summed E-state index contributed by atoms with van der Waals surface area (Å²) in [5.41, 5.74) is 1.02. The highest BCUT2D eigenvalue weighted by Crippen LogP contribution is 2.37. The van der Waals surface area contributed by atoms with Crippen molar-refractivity contribution in [1.82, 2.24) is 34.7 Å². The molecule has 0 aliphatic heterocycles. The van der Waals surface area contributed by atoms with Crippen LogP contribution in [0.2, 0.25) is 0 Å². The maximum Gasteiger partial charge on any atom is 0.242 e. The molecular formula is C23H25FN8O3S. The Morgan fingerprint density at radius 2 is 1.75 bits per heavy atom. The number of rotatable bonds is 10. The van der Waals surface area contributed by atoms with Crippen molar-refractivity contribution in [3.63, 3.8) is 0 Å². The fraction of sp³-hybridized carbons (Fsp3) is 0.304. The Morgan fingerprint density at radius 3 is 2.44 bits per heavy atom. The van der Waals surface area contributed by atoms with Gasteiger partial charge in [0.25, 0.3) is 0 Å². The van der Waals surface area contributed by atoms with E-state index in [9.17, 15) is 4.39 Å². The van der Waals surface area contributed by atoms with Crippen LogP contribution < -0.4 is 18.9 Å². The summed E-state index contributed by atoms with van der Waals surface area (Å²) in [5.74, 6) is 2.03. The normalized spacial score (nSPS) is 12.6. The van der Waals surface area contributed by atoms with Crippen LogP contribution in [0.1, 0.15) is 25.6 Å². The minimum atomic E-state index is -0.476. The molecule has 0 spiro atoms. The van der Waals surface area contributed by atoms with Crippen LogP contribution >= 0.6 is 11.9 Å². The molecule has 1 N–H and O–H groups in total. The lowest BCUT2D eigenvalue weighted by Crippen LogP contribution is -2.15. The molecule has 0 aliphatic rings. The first-order valence-corrected chi connectivity index (χ1v) is 11.8. The summed E-state index contributed by atoms with van der Waals surface area (Å²) in [4.78, 5) is 17.1.